The summed E-state index contributed by atoms with van der Waals surface area (Å²) in [5.74, 6) is -1.10. The highest BCUT2D eigenvalue weighted by Gasteiger charge is 2.48. The molecule has 3 N–H and O–H groups in total. The van der Waals surface area contributed by atoms with Gasteiger partial charge in [0, 0.05) is 17.0 Å². The van der Waals surface area contributed by atoms with Crippen LogP contribution in [0.3, 0.4) is 0 Å². The van der Waals surface area contributed by atoms with E-state index in [1.807, 2.05) is 0 Å². The lowest BCUT2D eigenvalue weighted by atomic mass is 9.82. The van der Waals surface area contributed by atoms with E-state index in [4.69, 9.17) is 21.1 Å². The van der Waals surface area contributed by atoms with Crippen LogP contribution in [-0.4, -0.2) is 55.9 Å². The first-order valence-corrected chi connectivity index (χ1v) is 12.0. The van der Waals surface area contributed by atoms with Gasteiger partial charge in [0.25, 0.3) is 0 Å². The highest BCUT2D eigenvalue weighted by atomic mass is 35.5. The number of carbonyl (C=O) groups excluding carboxylic acids is 2. The number of benzene rings is 1. The van der Waals surface area contributed by atoms with E-state index in [1.165, 1.54) is 0 Å². The Morgan fingerprint density at radius 3 is 2.62 bits per heavy atom. The predicted octanol–water partition coefficient (Wildman–Crippen LogP) is 3.66. The van der Waals surface area contributed by atoms with Crippen LogP contribution < -0.4 is 20.7 Å². The third kappa shape index (κ3) is 6.47. The van der Waals surface area contributed by atoms with E-state index < -0.39 is 18.2 Å². The van der Waals surface area contributed by atoms with Crippen LogP contribution in [0, 0.1) is 11.8 Å². The first-order valence-electron chi connectivity index (χ1n) is 11.6. The molecule has 1 unspecified atom stereocenters. The standard InChI is InChI=1S/C23H29ClF3N3O4/c24-15-3-6-20-19(9-15)28-10-18(34-20)11-29-22(32)13-1-4-16(5-2-13)30-21(31)12-33-17-7-14(8-17)23(25,26)27/h3,6,9,13-14,16-18,28H,1-2,4-5,7-8,10-12H2,(H,29,32)(H,30,31)/t13-,14?,16-,17?,18?. The normalized spacial score (nSPS) is 28.5. The van der Waals surface area contributed by atoms with E-state index in [9.17, 15) is 22.8 Å². The Morgan fingerprint density at radius 2 is 1.91 bits per heavy atom. The monoisotopic (exact) mass is 503 g/mol. The van der Waals surface area contributed by atoms with E-state index in [0.717, 1.165) is 5.69 Å². The zero-order chi connectivity index (χ0) is 24.3. The number of fused-ring (bicyclic) bond motifs is 1. The van der Waals surface area contributed by atoms with Gasteiger partial charge in [0.1, 0.15) is 18.5 Å². The Kier molecular flexibility index (Phi) is 7.77. The minimum Gasteiger partial charge on any atom is -0.485 e. The molecule has 2 fully saturated rings. The second-order valence-electron chi connectivity index (χ2n) is 9.27. The minimum atomic E-state index is -4.19. The Balaban J connectivity index is 1.10. The summed E-state index contributed by atoms with van der Waals surface area (Å²) < 4.78 is 48.7. The van der Waals surface area contributed by atoms with Crippen LogP contribution >= 0.6 is 11.6 Å². The van der Waals surface area contributed by atoms with Crippen LogP contribution in [0.4, 0.5) is 18.9 Å². The van der Waals surface area contributed by atoms with E-state index in [-0.39, 0.29) is 49.3 Å². The molecule has 0 radical (unpaired) electrons. The van der Waals surface area contributed by atoms with Crippen LogP contribution in [0.1, 0.15) is 38.5 Å². The van der Waals surface area contributed by atoms with E-state index in [0.29, 0.717) is 49.5 Å². The van der Waals surface area contributed by atoms with Crippen molar-refractivity contribution in [2.24, 2.45) is 11.8 Å². The van der Waals surface area contributed by atoms with Crippen molar-refractivity contribution in [2.75, 3.05) is 25.0 Å². The van der Waals surface area contributed by atoms with Gasteiger partial charge in [-0.25, -0.2) is 0 Å². The van der Waals surface area contributed by atoms with E-state index >= 15 is 0 Å². The molecule has 1 heterocycles. The van der Waals surface area contributed by atoms with Crippen molar-refractivity contribution in [3.8, 4) is 5.75 Å². The smallest absolute Gasteiger partial charge is 0.392 e. The Bertz CT molecular complexity index is 887. The van der Waals surface area contributed by atoms with Gasteiger partial charge >= 0.3 is 6.18 Å². The van der Waals surface area contributed by atoms with Crippen LogP contribution in [0.15, 0.2) is 18.2 Å². The van der Waals surface area contributed by atoms with Gasteiger partial charge in [-0.05, 0) is 56.7 Å². The number of nitrogens with one attached hydrogen (secondary N) is 3. The first kappa shape index (κ1) is 24.9. The molecule has 7 nitrogen and oxygen atoms in total. The molecule has 0 aromatic heterocycles. The maximum Gasteiger partial charge on any atom is 0.392 e. The van der Waals surface area contributed by atoms with Crippen molar-refractivity contribution in [1.82, 2.24) is 10.6 Å². The molecule has 3 aliphatic rings. The summed E-state index contributed by atoms with van der Waals surface area (Å²) in [5.41, 5.74) is 0.832. The average molecular weight is 504 g/mol. The van der Waals surface area contributed by atoms with Crippen LogP contribution in [0.25, 0.3) is 0 Å². The molecule has 0 saturated heterocycles. The molecule has 4 rings (SSSR count). The lowest BCUT2D eigenvalue weighted by Gasteiger charge is -2.36. The molecule has 1 aromatic rings. The number of rotatable bonds is 7. The van der Waals surface area contributed by atoms with Crippen LogP contribution in [-0.2, 0) is 14.3 Å². The second-order valence-corrected chi connectivity index (χ2v) is 9.70. The summed E-state index contributed by atoms with van der Waals surface area (Å²) in [4.78, 5) is 24.7. The maximum atomic E-state index is 12.6. The number of hydrogen-bond donors (Lipinski definition) is 3. The molecular formula is C23H29ClF3N3O4. The fraction of sp³-hybridized carbons (Fsp3) is 0.652. The van der Waals surface area contributed by atoms with Crippen molar-refractivity contribution >= 4 is 29.1 Å². The van der Waals surface area contributed by atoms with E-state index in [2.05, 4.69) is 16.0 Å². The second kappa shape index (κ2) is 10.6. The average Bonchev–Trinajstić information content (AvgIpc) is 2.76. The molecule has 1 aromatic carbocycles. The molecule has 1 atom stereocenters. The number of anilines is 1. The van der Waals surface area contributed by atoms with Crippen LogP contribution in [0.2, 0.25) is 5.02 Å². The quantitative estimate of drug-likeness (QED) is 0.528. The van der Waals surface area contributed by atoms with Gasteiger partial charge in [-0.2, -0.15) is 13.2 Å². The number of alkyl halides is 3. The van der Waals surface area contributed by atoms with Crippen molar-refractivity contribution in [1.29, 1.82) is 0 Å². The maximum absolute atomic E-state index is 12.6. The summed E-state index contributed by atoms with van der Waals surface area (Å²) >= 11 is 5.98. The molecule has 0 spiro atoms. The first-order chi connectivity index (χ1) is 16.2. The van der Waals surface area contributed by atoms with Gasteiger partial charge < -0.3 is 25.4 Å². The third-order valence-corrected chi connectivity index (χ3v) is 6.97. The fourth-order valence-corrected chi connectivity index (χ4v) is 4.76. The summed E-state index contributed by atoms with van der Waals surface area (Å²) in [6.07, 6.45) is -2.41. The highest BCUT2D eigenvalue weighted by Crippen LogP contribution is 2.42. The van der Waals surface area contributed by atoms with Crippen molar-refractivity contribution in [3.63, 3.8) is 0 Å². The van der Waals surface area contributed by atoms with Gasteiger partial charge in [-0.15, -0.1) is 0 Å². The number of ether oxygens (including phenoxy) is 2. The van der Waals surface area contributed by atoms with Gasteiger partial charge in [-0.1, -0.05) is 11.6 Å². The summed E-state index contributed by atoms with van der Waals surface area (Å²) in [6, 6.07) is 5.29. The van der Waals surface area contributed by atoms with Crippen molar-refractivity contribution < 1.29 is 32.2 Å². The number of carbonyl (C=O) groups is 2. The molecule has 0 bridgehead atoms. The van der Waals surface area contributed by atoms with E-state index in [1.54, 1.807) is 18.2 Å². The van der Waals surface area contributed by atoms with Gasteiger partial charge in [-0.3, -0.25) is 9.59 Å². The lowest BCUT2D eigenvalue weighted by Crippen LogP contribution is -2.46. The van der Waals surface area contributed by atoms with Crippen molar-refractivity contribution in [3.05, 3.63) is 23.2 Å². The van der Waals surface area contributed by atoms with Crippen molar-refractivity contribution in [2.45, 2.75) is 63.0 Å². The number of halogens is 4. The molecule has 34 heavy (non-hydrogen) atoms. The summed E-state index contributed by atoms with van der Waals surface area (Å²) in [5, 5.41) is 9.70. The Morgan fingerprint density at radius 1 is 1.18 bits per heavy atom. The molecule has 1 aliphatic heterocycles. The largest absolute Gasteiger partial charge is 0.485 e. The minimum absolute atomic E-state index is 0.0252. The molecule has 2 saturated carbocycles. The number of amides is 2. The van der Waals surface area contributed by atoms with Gasteiger partial charge in [0.15, 0.2) is 0 Å². The Hall–Kier alpha value is -2.20. The van der Waals surface area contributed by atoms with Gasteiger partial charge in [0.05, 0.1) is 30.8 Å². The SMILES string of the molecule is O=C(COC1CC(C(F)(F)F)C1)N[C@H]1CC[C@H](C(=O)NCC2CNc3cc(Cl)ccc3O2)CC1. The van der Waals surface area contributed by atoms with Gasteiger partial charge in [0.2, 0.25) is 11.8 Å². The summed E-state index contributed by atoms with van der Waals surface area (Å²) in [7, 11) is 0. The Labute approximate surface area is 201 Å². The topological polar surface area (TPSA) is 88.7 Å². The number of hydrogen-bond acceptors (Lipinski definition) is 5. The molecule has 2 amide bonds. The summed E-state index contributed by atoms with van der Waals surface area (Å²) in [6.45, 7) is 0.713. The lowest BCUT2D eigenvalue weighted by molar-refractivity contribution is -0.219. The molecule has 188 valence electrons. The zero-order valence-electron chi connectivity index (χ0n) is 18.6. The fourth-order valence-electron chi connectivity index (χ4n) is 4.59. The third-order valence-electron chi connectivity index (χ3n) is 6.73. The molecule has 11 heteroatoms. The molecular weight excluding hydrogens is 475 g/mol. The molecule has 2 aliphatic carbocycles. The highest BCUT2D eigenvalue weighted by molar-refractivity contribution is 6.30. The predicted molar refractivity (Wildman–Crippen MR) is 120 cm³/mol. The zero-order valence-corrected chi connectivity index (χ0v) is 19.4. The van der Waals surface area contributed by atoms with Crippen LogP contribution in [0.5, 0.6) is 5.75 Å².